The number of rotatable bonds is 5. The van der Waals surface area contributed by atoms with Gasteiger partial charge in [0.2, 0.25) is 5.91 Å². The highest BCUT2D eigenvalue weighted by molar-refractivity contribution is 5.85. The molecule has 0 aliphatic heterocycles. The zero-order valence-electron chi connectivity index (χ0n) is 17.7. The minimum absolute atomic E-state index is 0.185. The van der Waals surface area contributed by atoms with Crippen molar-refractivity contribution in [1.29, 1.82) is 0 Å². The van der Waals surface area contributed by atoms with Crippen LogP contribution in [0.25, 0.3) is 11.0 Å². The lowest BCUT2D eigenvalue weighted by Gasteiger charge is -2.28. The van der Waals surface area contributed by atoms with Gasteiger partial charge in [-0.05, 0) is 71.4 Å². The number of ether oxygens (including phenoxy) is 1. The Labute approximate surface area is 172 Å². The summed E-state index contributed by atoms with van der Waals surface area (Å²) in [7, 11) is 0. The third-order valence-corrected chi connectivity index (χ3v) is 5.33. The van der Waals surface area contributed by atoms with Crippen molar-refractivity contribution in [2.45, 2.75) is 70.9 Å². The maximum Gasteiger partial charge on any atom is 0.408 e. The number of amides is 2. The second kappa shape index (κ2) is 8.84. The molecule has 1 heterocycles. The number of nitrogens with zero attached hydrogens (tertiary/aromatic N) is 1. The quantitative estimate of drug-likeness (QED) is 0.710. The Morgan fingerprint density at radius 3 is 2.55 bits per heavy atom. The molecule has 29 heavy (non-hydrogen) atoms. The molecule has 0 saturated heterocycles. The zero-order chi connectivity index (χ0) is 21.0. The van der Waals surface area contributed by atoms with Gasteiger partial charge in [-0.15, -0.1) is 0 Å². The topological polar surface area (TPSA) is 96.1 Å². The van der Waals surface area contributed by atoms with Gasteiger partial charge < -0.3 is 20.4 Å². The minimum Gasteiger partial charge on any atom is -0.444 e. The van der Waals surface area contributed by atoms with E-state index in [2.05, 4.69) is 21.7 Å². The molecule has 3 N–H and O–H groups in total. The molecule has 1 unspecified atom stereocenters. The van der Waals surface area contributed by atoms with Gasteiger partial charge in [0, 0.05) is 12.5 Å². The lowest BCUT2D eigenvalue weighted by atomic mass is 9.81. The lowest BCUT2D eigenvalue weighted by molar-refractivity contribution is -0.123. The van der Waals surface area contributed by atoms with Crippen LogP contribution in [0.3, 0.4) is 0 Å². The molecule has 0 radical (unpaired) electrons. The molecule has 1 aliphatic carbocycles. The molecular weight excluding hydrogens is 368 g/mol. The Balaban J connectivity index is 1.41. The highest BCUT2D eigenvalue weighted by atomic mass is 16.6. The predicted molar refractivity (Wildman–Crippen MR) is 113 cm³/mol. The highest BCUT2D eigenvalue weighted by Gasteiger charge is 2.26. The van der Waals surface area contributed by atoms with E-state index in [-0.39, 0.29) is 5.91 Å². The Bertz CT molecular complexity index is 814. The van der Waals surface area contributed by atoms with E-state index in [1.165, 1.54) is 0 Å². The van der Waals surface area contributed by atoms with Crippen molar-refractivity contribution in [3.05, 3.63) is 30.1 Å². The number of imidazole rings is 1. The van der Waals surface area contributed by atoms with Gasteiger partial charge in [0.25, 0.3) is 0 Å². The van der Waals surface area contributed by atoms with Crippen LogP contribution in [0.2, 0.25) is 0 Å². The minimum atomic E-state index is -0.628. The normalized spacial score (nSPS) is 20.8. The molecule has 1 aromatic heterocycles. The van der Waals surface area contributed by atoms with Crippen LogP contribution in [0.15, 0.2) is 24.3 Å². The third kappa shape index (κ3) is 5.95. The van der Waals surface area contributed by atoms with E-state index >= 15 is 0 Å². The molecule has 1 aliphatic rings. The molecule has 158 valence electrons. The monoisotopic (exact) mass is 400 g/mol. The first-order valence-corrected chi connectivity index (χ1v) is 10.4. The van der Waals surface area contributed by atoms with Crippen molar-refractivity contribution in [2.24, 2.45) is 5.92 Å². The molecule has 2 amide bonds. The van der Waals surface area contributed by atoms with E-state index in [0.29, 0.717) is 18.4 Å². The molecule has 3 rings (SSSR count). The molecule has 1 fully saturated rings. The number of para-hydroxylation sites is 2. The average molecular weight is 401 g/mol. The number of carbonyl (C=O) groups is 2. The van der Waals surface area contributed by atoms with Crippen LogP contribution in [0.4, 0.5) is 4.79 Å². The first-order chi connectivity index (χ1) is 13.7. The van der Waals surface area contributed by atoms with E-state index in [1.54, 1.807) is 27.7 Å². The third-order valence-electron chi connectivity index (χ3n) is 5.33. The van der Waals surface area contributed by atoms with Crippen molar-refractivity contribution in [3.63, 3.8) is 0 Å². The van der Waals surface area contributed by atoms with Gasteiger partial charge in [-0.1, -0.05) is 12.1 Å². The van der Waals surface area contributed by atoms with Crippen molar-refractivity contribution >= 4 is 23.0 Å². The summed E-state index contributed by atoms with van der Waals surface area (Å²) >= 11 is 0. The zero-order valence-corrected chi connectivity index (χ0v) is 17.7. The molecule has 7 heteroatoms. The van der Waals surface area contributed by atoms with Crippen LogP contribution < -0.4 is 10.6 Å². The molecule has 1 atom stereocenters. The van der Waals surface area contributed by atoms with Gasteiger partial charge in [-0.3, -0.25) is 4.79 Å². The number of aromatic amines is 1. The van der Waals surface area contributed by atoms with Crippen LogP contribution in [-0.2, 0) is 9.53 Å². The van der Waals surface area contributed by atoms with E-state index in [1.807, 2.05) is 18.2 Å². The molecule has 0 spiro atoms. The number of fused-ring (bicyclic) bond motifs is 1. The van der Waals surface area contributed by atoms with Gasteiger partial charge >= 0.3 is 6.09 Å². The summed E-state index contributed by atoms with van der Waals surface area (Å²) in [5.41, 5.74) is 1.52. The number of nitrogens with one attached hydrogen (secondary N) is 3. The Kier molecular flexibility index (Phi) is 6.45. The summed E-state index contributed by atoms with van der Waals surface area (Å²) in [6, 6.07) is 7.48. The van der Waals surface area contributed by atoms with Crippen LogP contribution in [-0.4, -0.2) is 40.2 Å². The number of carbonyl (C=O) groups excluding carboxylic acids is 2. The largest absolute Gasteiger partial charge is 0.444 e. The van der Waals surface area contributed by atoms with E-state index in [0.717, 1.165) is 42.5 Å². The van der Waals surface area contributed by atoms with Crippen LogP contribution in [0.1, 0.15) is 65.1 Å². The summed E-state index contributed by atoms with van der Waals surface area (Å²) in [5, 5.41) is 5.54. The van der Waals surface area contributed by atoms with Crippen molar-refractivity contribution in [2.75, 3.05) is 6.54 Å². The van der Waals surface area contributed by atoms with Crippen molar-refractivity contribution < 1.29 is 14.3 Å². The molecule has 7 nitrogen and oxygen atoms in total. The molecule has 0 bridgehead atoms. The van der Waals surface area contributed by atoms with Gasteiger partial charge in [-0.2, -0.15) is 0 Å². The summed E-state index contributed by atoms with van der Waals surface area (Å²) in [6.45, 7) is 7.67. The number of H-pyrrole nitrogens is 1. The summed E-state index contributed by atoms with van der Waals surface area (Å²) < 4.78 is 5.19. The van der Waals surface area contributed by atoms with Gasteiger partial charge in [0.15, 0.2) is 0 Å². The maximum absolute atomic E-state index is 12.3. The van der Waals surface area contributed by atoms with Crippen LogP contribution in [0.5, 0.6) is 0 Å². The smallest absolute Gasteiger partial charge is 0.408 e. The van der Waals surface area contributed by atoms with E-state index < -0.39 is 17.7 Å². The number of hydrogen-bond donors (Lipinski definition) is 3. The first kappa shape index (κ1) is 21.1. The fourth-order valence-electron chi connectivity index (χ4n) is 3.75. The second-order valence-electron chi connectivity index (χ2n) is 8.97. The predicted octanol–water partition coefficient (Wildman–Crippen LogP) is 3.87. The SMILES string of the molecule is CC(NC(=O)OC(C)(C)C)C(=O)NCC1CCC(c2nc3ccccc3[nH]2)CC1. The lowest BCUT2D eigenvalue weighted by Crippen LogP contribution is -2.47. The van der Waals surface area contributed by atoms with Gasteiger partial charge in [0.1, 0.15) is 17.5 Å². The van der Waals surface area contributed by atoms with E-state index in [4.69, 9.17) is 9.72 Å². The average Bonchev–Trinajstić information content (AvgIpc) is 3.09. The fourth-order valence-corrected chi connectivity index (χ4v) is 3.75. The maximum atomic E-state index is 12.3. The number of aromatic nitrogens is 2. The number of hydrogen-bond acceptors (Lipinski definition) is 4. The second-order valence-corrected chi connectivity index (χ2v) is 8.97. The molecular formula is C22H32N4O3. The van der Waals surface area contributed by atoms with Crippen LogP contribution in [0, 0.1) is 5.92 Å². The standard InChI is InChI=1S/C22H32N4O3/c1-14(24-21(28)29-22(2,3)4)20(27)23-13-15-9-11-16(12-10-15)19-25-17-7-5-6-8-18(17)26-19/h5-8,14-16H,9-13H2,1-4H3,(H,23,27)(H,24,28)(H,25,26). The summed E-state index contributed by atoms with van der Waals surface area (Å²) in [6.07, 6.45) is 3.65. The van der Waals surface area contributed by atoms with Gasteiger partial charge in [-0.25, -0.2) is 9.78 Å². The first-order valence-electron chi connectivity index (χ1n) is 10.4. The Morgan fingerprint density at radius 1 is 1.21 bits per heavy atom. The fraction of sp³-hybridized carbons (Fsp3) is 0.591. The van der Waals surface area contributed by atoms with Crippen LogP contribution >= 0.6 is 0 Å². The van der Waals surface area contributed by atoms with Crippen molar-refractivity contribution in [1.82, 2.24) is 20.6 Å². The number of benzene rings is 1. The Hall–Kier alpha value is -2.57. The summed E-state index contributed by atoms with van der Waals surface area (Å²) in [4.78, 5) is 32.2. The number of alkyl carbamates (subject to hydrolysis) is 1. The van der Waals surface area contributed by atoms with E-state index in [9.17, 15) is 9.59 Å². The molecule has 1 aromatic carbocycles. The van der Waals surface area contributed by atoms with Gasteiger partial charge in [0.05, 0.1) is 11.0 Å². The Morgan fingerprint density at radius 2 is 1.90 bits per heavy atom. The molecule has 1 saturated carbocycles. The van der Waals surface area contributed by atoms with Crippen molar-refractivity contribution in [3.8, 4) is 0 Å². The highest BCUT2D eigenvalue weighted by Crippen LogP contribution is 2.35. The molecule has 2 aromatic rings. The summed E-state index contributed by atoms with van der Waals surface area (Å²) in [5.74, 6) is 1.79.